The van der Waals surface area contributed by atoms with Gasteiger partial charge in [-0.3, -0.25) is 9.36 Å². The number of nitrogens with one attached hydrogen (secondary N) is 1. The molecule has 5 nitrogen and oxygen atoms in total. The third-order valence-corrected chi connectivity index (χ3v) is 4.30. The number of amides is 1. The van der Waals surface area contributed by atoms with Gasteiger partial charge in [0.15, 0.2) is 0 Å². The van der Waals surface area contributed by atoms with Gasteiger partial charge in [-0.25, -0.2) is 4.98 Å². The molecular weight excluding hydrogens is 302 g/mol. The molecule has 2 aromatic carbocycles. The molecule has 0 radical (unpaired) electrons. The highest BCUT2D eigenvalue weighted by atomic mass is 16.5. The van der Waals surface area contributed by atoms with E-state index in [4.69, 9.17) is 4.74 Å². The molecule has 0 aliphatic carbocycles. The van der Waals surface area contributed by atoms with Crippen LogP contribution in [0.1, 0.15) is 23.6 Å². The van der Waals surface area contributed by atoms with Crippen molar-refractivity contribution in [2.24, 2.45) is 0 Å². The number of anilines is 1. The van der Waals surface area contributed by atoms with E-state index in [2.05, 4.69) is 10.3 Å². The number of hydrogen-bond acceptors (Lipinski definition) is 3. The number of imidazole rings is 1. The van der Waals surface area contributed by atoms with E-state index < -0.39 is 0 Å². The summed E-state index contributed by atoms with van der Waals surface area (Å²) in [5.41, 5.74) is 2.88. The molecule has 2 heterocycles. The minimum absolute atomic E-state index is 0.00648. The van der Waals surface area contributed by atoms with Crippen LogP contribution in [0.5, 0.6) is 5.75 Å². The number of para-hydroxylation sites is 1. The van der Waals surface area contributed by atoms with Crippen molar-refractivity contribution < 1.29 is 9.53 Å². The lowest BCUT2D eigenvalue weighted by Gasteiger charge is -2.23. The lowest BCUT2D eigenvalue weighted by molar-refractivity contribution is -0.116. The Morgan fingerprint density at radius 1 is 1.17 bits per heavy atom. The quantitative estimate of drug-likeness (QED) is 0.805. The summed E-state index contributed by atoms with van der Waals surface area (Å²) < 4.78 is 7.23. The van der Waals surface area contributed by atoms with E-state index >= 15 is 0 Å². The third-order valence-electron chi connectivity index (χ3n) is 4.30. The zero-order valence-electron chi connectivity index (χ0n) is 13.3. The van der Waals surface area contributed by atoms with Crippen LogP contribution < -0.4 is 10.1 Å². The van der Waals surface area contributed by atoms with Gasteiger partial charge in [-0.15, -0.1) is 0 Å². The summed E-state index contributed by atoms with van der Waals surface area (Å²) in [7, 11) is 1.64. The van der Waals surface area contributed by atoms with Gasteiger partial charge in [-0.1, -0.05) is 30.3 Å². The summed E-state index contributed by atoms with van der Waals surface area (Å²) in [6.07, 6.45) is 2.14. The largest absolute Gasteiger partial charge is 0.497 e. The van der Waals surface area contributed by atoms with Crippen LogP contribution in [0.3, 0.4) is 0 Å². The van der Waals surface area contributed by atoms with E-state index in [0.29, 0.717) is 6.42 Å². The first-order valence-electron chi connectivity index (χ1n) is 7.82. The zero-order valence-corrected chi connectivity index (χ0v) is 13.3. The molecule has 0 fully saturated rings. The number of nitrogens with zero attached hydrogens (tertiary/aromatic N) is 2. The van der Waals surface area contributed by atoms with Gasteiger partial charge in [0.25, 0.3) is 0 Å². The van der Waals surface area contributed by atoms with Crippen LogP contribution in [0.4, 0.5) is 5.82 Å². The molecule has 5 heteroatoms. The Morgan fingerprint density at radius 3 is 2.79 bits per heavy atom. The Balaban J connectivity index is 1.81. The van der Waals surface area contributed by atoms with Gasteiger partial charge >= 0.3 is 0 Å². The second-order valence-corrected chi connectivity index (χ2v) is 5.77. The van der Waals surface area contributed by atoms with Crippen LogP contribution >= 0.6 is 0 Å². The van der Waals surface area contributed by atoms with Gasteiger partial charge in [0.2, 0.25) is 5.91 Å². The molecule has 1 aromatic heterocycles. The SMILES string of the molecule is COc1cccc([C@H]2CC(=O)Nc3c2ncn3-c2ccccc2)c1. The monoisotopic (exact) mass is 319 g/mol. The van der Waals surface area contributed by atoms with E-state index in [1.54, 1.807) is 13.4 Å². The Morgan fingerprint density at radius 2 is 2.00 bits per heavy atom. The van der Waals surface area contributed by atoms with Gasteiger partial charge in [0.05, 0.1) is 12.8 Å². The molecule has 1 N–H and O–H groups in total. The second-order valence-electron chi connectivity index (χ2n) is 5.77. The summed E-state index contributed by atoms with van der Waals surface area (Å²) in [4.78, 5) is 16.9. The summed E-state index contributed by atoms with van der Waals surface area (Å²) in [6, 6.07) is 17.7. The number of carbonyl (C=O) groups excluding carboxylic acids is 1. The molecule has 0 unspecified atom stereocenters. The normalized spacial score (nSPS) is 16.4. The topological polar surface area (TPSA) is 56.1 Å². The molecule has 0 saturated heterocycles. The van der Waals surface area contributed by atoms with Crippen molar-refractivity contribution in [2.45, 2.75) is 12.3 Å². The Kier molecular flexibility index (Phi) is 3.54. The molecule has 1 atom stereocenters. The number of benzene rings is 2. The van der Waals surface area contributed by atoms with E-state index in [0.717, 1.165) is 28.5 Å². The Bertz CT molecular complexity index is 887. The summed E-state index contributed by atoms with van der Waals surface area (Å²) in [5.74, 6) is 1.44. The van der Waals surface area contributed by atoms with Crippen molar-refractivity contribution in [3.8, 4) is 11.4 Å². The van der Waals surface area contributed by atoms with Crippen molar-refractivity contribution in [3.05, 3.63) is 72.2 Å². The van der Waals surface area contributed by atoms with Crippen LogP contribution in [-0.4, -0.2) is 22.6 Å². The first kappa shape index (κ1) is 14.5. The van der Waals surface area contributed by atoms with Gasteiger partial charge in [-0.2, -0.15) is 0 Å². The number of ether oxygens (including phenoxy) is 1. The second kappa shape index (κ2) is 5.85. The van der Waals surface area contributed by atoms with Crippen LogP contribution in [0.25, 0.3) is 5.69 Å². The Hall–Kier alpha value is -3.08. The van der Waals surface area contributed by atoms with Crippen LogP contribution in [0.2, 0.25) is 0 Å². The molecule has 1 aliphatic rings. The number of hydrogen-bond donors (Lipinski definition) is 1. The van der Waals surface area contributed by atoms with Crippen molar-refractivity contribution in [1.82, 2.24) is 9.55 Å². The molecule has 1 aliphatic heterocycles. The summed E-state index contributed by atoms with van der Waals surface area (Å²) in [5, 5.41) is 2.97. The van der Waals surface area contributed by atoms with Crippen LogP contribution in [-0.2, 0) is 4.79 Å². The smallest absolute Gasteiger partial charge is 0.226 e. The molecule has 0 saturated carbocycles. The molecular formula is C19H17N3O2. The minimum Gasteiger partial charge on any atom is -0.497 e. The van der Waals surface area contributed by atoms with E-state index in [1.807, 2.05) is 59.2 Å². The highest BCUT2D eigenvalue weighted by Crippen LogP contribution is 2.38. The number of aromatic nitrogens is 2. The maximum absolute atomic E-state index is 12.3. The summed E-state index contributed by atoms with van der Waals surface area (Å²) >= 11 is 0. The highest BCUT2D eigenvalue weighted by molar-refractivity contribution is 5.94. The number of methoxy groups -OCH3 is 1. The van der Waals surface area contributed by atoms with E-state index in [1.165, 1.54) is 0 Å². The van der Waals surface area contributed by atoms with Crippen molar-refractivity contribution >= 4 is 11.7 Å². The predicted octanol–water partition coefficient (Wildman–Crippen LogP) is 3.36. The molecule has 3 aromatic rings. The number of fused-ring (bicyclic) bond motifs is 1. The van der Waals surface area contributed by atoms with E-state index in [-0.39, 0.29) is 11.8 Å². The maximum atomic E-state index is 12.3. The van der Waals surface area contributed by atoms with Crippen molar-refractivity contribution in [3.63, 3.8) is 0 Å². The first-order chi connectivity index (χ1) is 11.8. The molecule has 0 spiro atoms. The van der Waals surface area contributed by atoms with Crippen molar-refractivity contribution in [2.75, 3.05) is 12.4 Å². The predicted molar refractivity (Wildman–Crippen MR) is 91.6 cm³/mol. The molecule has 1 amide bonds. The minimum atomic E-state index is -0.0752. The van der Waals surface area contributed by atoms with Crippen LogP contribution in [0.15, 0.2) is 60.9 Å². The van der Waals surface area contributed by atoms with Gasteiger partial charge in [0, 0.05) is 18.0 Å². The van der Waals surface area contributed by atoms with Gasteiger partial charge in [-0.05, 0) is 29.8 Å². The third kappa shape index (κ3) is 2.44. The lowest BCUT2D eigenvalue weighted by Crippen LogP contribution is -2.24. The molecule has 4 rings (SSSR count). The average Bonchev–Trinajstić information content (AvgIpc) is 3.05. The first-order valence-corrected chi connectivity index (χ1v) is 7.82. The standard InChI is InChI=1S/C19H17N3O2/c1-24-15-9-5-6-13(10-15)16-11-17(23)21-19-18(16)20-12-22(19)14-7-3-2-4-8-14/h2-10,12,16H,11H2,1H3,(H,21,23)/t16-/m1/s1. The lowest BCUT2D eigenvalue weighted by atomic mass is 9.89. The Labute approximate surface area is 139 Å². The fraction of sp³-hybridized carbons (Fsp3) is 0.158. The fourth-order valence-corrected chi connectivity index (χ4v) is 3.13. The molecule has 24 heavy (non-hydrogen) atoms. The fourth-order valence-electron chi connectivity index (χ4n) is 3.13. The van der Waals surface area contributed by atoms with Crippen LogP contribution in [0, 0.1) is 0 Å². The highest BCUT2D eigenvalue weighted by Gasteiger charge is 2.31. The number of rotatable bonds is 3. The van der Waals surface area contributed by atoms with Crippen molar-refractivity contribution in [1.29, 1.82) is 0 Å². The van der Waals surface area contributed by atoms with E-state index in [9.17, 15) is 4.79 Å². The summed E-state index contributed by atoms with van der Waals surface area (Å²) in [6.45, 7) is 0. The van der Waals surface area contributed by atoms with Gasteiger partial charge in [0.1, 0.15) is 17.9 Å². The maximum Gasteiger partial charge on any atom is 0.226 e. The number of carbonyl (C=O) groups is 1. The molecule has 0 bridgehead atoms. The molecule has 120 valence electrons. The zero-order chi connectivity index (χ0) is 16.5. The van der Waals surface area contributed by atoms with Gasteiger partial charge < -0.3 is 10.1 Å². The average molecular weight is 319 g/mol.